The molecule has 2 aliphatic rings. The van der Waals surface area contributed by atoms with E-state index in [2.05, 4.69) is 20.2 Å². The molecule has 0 amide bonds. The van der Waals surface area contributed by atoms with Crippen molar-refractivity contribution in [1.29, 1.82) is 0 Å². The zero-order valence-corrected chi connectivity index (χ0v) is 17.2. The van der Waals surface area contributed by atoms with E-state index >= 15 is 0 Å². The van der Waals surface area contributed by atoms with Crippen LogP contribution in [0.3, 0.4) is 0 Å². The number of rotatable bonds is 5. The average Bonchev–Trinajstić information content (AvgIpc) is 3.39. The Balaban J connectivity index is 1.31. The first-order valence-corrected chi connectivity index (χ1v) is 11.3. The molecule has 0 spiro atoms. The second-order valence-electron chi connectivity index (χ2n) is 7.90. The van der Waals surface area contributed by atoms with Gasteiger partial charge in [-0.15, -0.1) is 0 Å². The predicted octanol–water partition coefficient (Wildman–Crippen LogP) is 4.80. The van der Waals surface area contributed by atoms with Crippen molar-refractivity contribution < 1.29 is 9.84 Å². The van der Waals surface area contributed by atoms with E-state index in [0.29, 0.717) is 0 Å². The van der Waals surface area contributed by atoms with E-state index in [0.717, 1.165) is 71.4 Å². The Labute approximate surface area is 174 Å². The van der Waals surface area contributed by atoms with Crippen LogP contribution in [0.1, 0.15) is 38.5 Å². The van der Waals surface area contributed by atoms with E-state index in [4.69, 9.17) is 4.74 Å². The highest BCUT2D eigenvalue weighted by Gasteiger charge is 2.23. The van der Waals surface area contributed by atoms with E-state index in [-0.39, 0.29) is 12.1 Å². The summed E-state index contributed by atoms with van der Waals surface area (Å²) in [6.07, 6.45) is 8.10. The smallest absolute Gasteiger partial charge is 0.184 e. The van der Waals surface area contributed by atoms with Crippen LogP contribution in [0.5, 0.6) is 11.5 Å². The van der Waals surface area contributed by atoms with Crippen LogP contribution in [0.4, 0.5) is 10.9 Å². The fraction of sp³-hybridized carbons (Fsp3) is 0.455. The monoisotopic (exact) mass is 410 g/mol. The number of pyridine rings is 1. The molecule has 1 aliphatic heterocycles. The molecule has 1 aliphatic carbocycles. The summed E-state index contributed by atoms with van der Waals surface area (Å²) in [7, 11) is 0. The summed E-state index contributed by atoms with van der Waals surface area (Å²) < 4.78 is 7.19. The van der Waals surface area contributed by atoms with Gasteiger partial charge in [-0.3, -0.25) is 0 Å². The number of aliphatic hydroxyl groups excluding tert-OH is 1. The van der Waals surface area contributed by atoms with Crippen molar-refractivity contribution >= 4 is 32.5 Å². The largest absolute Gasteiger partial charge is 0.457 e. The maximum Gasteiger partial charge on any atom is 0.184 e. The van der Waals surface area contributed by atoms with Gasteiger partial charge in [0.05, 0.1) is 22.4 Å². The van der Waals surface area contributed by atoms with Gasteiger partial charge in [-0.25, -0.2) is 9.97 Å². The molecule has 2 N–H and O–H groups in total. The Morgan fingerprint density at radius 2 is 1.86 bits per heavy atom. The molecule has 0 unspecified atom stereocenters. The summed E-state index contributed by atoms with van der Waals surface area (Å²) in [5, 5.41) is 14.5. The molecule has 7 heteroatoms. The molecule has 2 fully saturated rings. The number of hydrogen-bond acceptors (Lipinski definition) is 7. The van der Waals surface area contributed by atoms with Crippen LogP contribution in [-0.4, -0.2) is 40.3 Å². The van der Waals surface area contributed by atoms with Crippen LogP contribution >= 0.6 is 11.3 Å². The van der Waals surface area contributed by atoms with Crippen molar-refractivity contribution in [3.05, 3.63) is 36.5 Å². The number of fused-ring (bicyclic) bond motifs is 1. The third-order valence-corrected chi connectivity index (χ3v) is 6.73. The molecule has 0 radical (unpaired) electrons. The minimum absolute atomic E-state index is 0.0980. The number of thiazole rings is 1. The Morgan fingerprint density at radius 1 is 1.03 bits per heavy atom. The number of aliphatic hydroxyl groups is 1. The van der Waals surface area contributed by atoms with Crippen molar-refractivity contribution in [1.82, 2.24) is 9.97 Å². The van der Waals surface area contributed by atoms with Gasteiger partial charge in [-0.2, -0.15) is 0 Å². The number of benzene rings is 1. The average molecular weight is 411 g/mol. The first kappa shape index (κ1) is 18.6. The summed E-state index contributed by atoms with van der Waals surface area (Å²) in [5.41, 5.74) is 0.947. The minimum atomic E-state index is -0.286. The fourth-order valence-electron chi connectivity index (χ4n) is 4.19. The van der Waals surface area contributed by atoms with Gasteiger partial charge < -0.3 is 20.1 Å². The molecule has 2 aromatic heterocycles. The summed E-state index contributed by atoms with van der Waals surface area (Å²) in [6, 6.07) is 9.99. The fourth-order valence-corrected chi connectivity index (χ4v) is 5.14. The first-order chi connectivity index (χ1) is 14.2. The number of nitrogens with zero attached hydrogens (tertiary/aromatic N) is 3. The summed E-state index contributed by atoms with van der Waals surface area (Å²) in [6.45, 7) is 2.13. The Kier molecular flexibility index (Phi) is 5.24. The Hall–Kier alpha value is -2.38. The summed E-state index contributed by atoms with van der Waals surface area (Å²) in [5.74, 6) is 2.58. The molecule has 29 heavy (non-hydrogen) atoms. The lowest BCUT2D eigenvalue weighted by molar-refractivity contribution is 0.116. The highest BCUT2D eigenvalue weighted by molar-refractivity contribution is 7.22. The second-order valence-corrected chi connectivity index (χ2v) is 8.93. The van der Waals surface area contributed by atoms with Gasteiger partial charge in [0, 0.05) is 31.4 Å². The number of ether oxygens (including phenoxy) is 1. The second kappa shape index (κ2) is 8.16. The molecule has 0 bridgehead atoms. The van der Waals surface area contributed by atoms with Crippen LogP contribution in [0.15, 0.2) is 36.5 Å². The molecule has 3 aromatic rings. The molecular weight excluding hydrogens is 384 g/mol. The molecule has 2 atom stereocenters. The van der Waals surface area contributed by atoms with Gasteiger partial charge in [0.15, 0.2) is 5.13 Å². The van der Waals surface area contributed by atoms with Crippen molar-refractivity contribution in [2.24, 2.45) is 0 Å². The third-order valence-electron chi connectivity index (χ3n) is 5.78. The maximum atomic E-state index is 10.2. The summed E-state index contributed by atoms with van der Waals surface area (Å²) in [4.78, 5) is 11.5. The molecule has 1 saturated heterocycles. The van der Waals surface area contributed by atoms with Crippen LogP contribution in [0.25, 0.3) is 10.2 Å². The van der Waals surface area contributed by atoms with Gasteiger partial charge in [0.1, 0.15) is 17.3 Å². The van der Waals surface area contributed by atoms with Gasteiger partial charge >= 0.3 is 0 Å². The van der Waals surface area contributed by atoms with E-state index in [1.165, 1.54) is 12.8 Å². The van der Waals surface area contributed by atoms with Gasteiger partial charge in [-0.1, -0.05) is 24.2 Å². The first-order valence-electron chi connectivity index (χ1n) is 10.5. The SMILES string of the molecule is O[C@@H]1CCCC[C@H]1Nc1nc2ccc(Oc3ccnc(N4CCCC4)c3)cc2s1. The van der Waals surface area contributed by atoms with Crippen LogP contribution in [-0.2, 0) is 0 Å². The lowest BCUT2D eigenvalue weighted by Crippen LogP contribution is -2.36. The highest BCUT2D eigenvalue weighted by Crippen LogP contribution is 2.33. The maximum absolute atomic E-state index is 10.2. The molecule has 152 valence electrons. The molecule has 3 heterocycles. The molecule has 1 aromatic carbocycles. The van der Waals surface area contributed by atoms with E-state index in [1.54, 1.807) is 11.3 Å². The zero-order valence-electron chi connectivity index (χ0n) is 16.4. The van der Waals surface area contributed by atoms with E-state index < -0.39 is 0 Å². The topological polar surface area (TPSA) is 70.5 Å². The molecule has 5 rings (SSSR count). The number of aromatic nitrogens is 2. The van der Waals surface area contributed by atoms with Crippen LogP contribution in [0, 0.1) is 0 Å². The molecule has 6 nitrogen and oxygen atoms in total. The number of anilines is 2. The van der Waals surface area contributed by atoms with Crippen molar-refractivity contribution in [3.8, 4) is 11.5 Å². The van der Waals surface area contributed by atoms with Gasteiger partial charge in [0.25, 0.3) is 0 Å². The molecular formula is C22H26N4O2S. The van der Waals surface area contributed by atoms with Gasteiger partial charge in [-0.05, 0) is 43.9 Å². The lowest BCUT2D eigenvalue weighted by Gasteiger charge is -2.27. The van der Waals surface area contributed by atoms with E-state index in [9.17, 15) is 5.11 Å². The quantitative estimate of drug-likeness (QED) is 0.630. The van der Waals surface area contributed by atoms with E-state index in [1.807, 2.05) is 36.5 Å². The normalized spacial score (nSPS) is 22.2. The van der Waals surface area contributed by atoms with Crippen molar-refractivity contribution in [2.45, 2.75) is 50.7 Å². The lowest BCUT2D eigenvalue weighted by atomic mass is 9.93. The Bertz CT molecular complexity index is 986. The Morgan fingerprint density at radius 3 is 2.72 bits per heavy atom. The minimum Gasteiger partial charge on any atom is -0.457 e. The zero-order chi connectivity index (χ0) is 19.6. The van der Waals surface area contributed by atoms with Crippen LogP contribution in [0.2, 0.25) is 0 Å². The van der Waals surface area contributed by atoms with Crippen molar-refractivity contribution in [2.75, 3.05) is 23.3 Å². The predicted molar refractivity (Wildman–Crippen MR) is 117 cm³/mol. The summed E-state index contributed by atoms with van der Waals surface area (Å²) >= 11 is 1.61. The standard InChI is InChI=1S/C22H26N4O2S/c27-19-6-2-1-5-17(19)24-22-25-18-8-7-15(13-20(18)29-22)28-16-9-10-23-21(14-16)26-11-3-4-12-26/h7-10,13-14,17,19,27H,1-6,11-12H2,(H,24,25)/t17-,19-/m1/s1. The van der Waals surface area contributed by atoms with Crippen LogP contribution < -0.4 is 15.0 Å². The highest BCUT2D eigenvalue weighted by atomic mass is 32.1. The molecule has 1 saturated carbocycles. The third kappa shape index (κ3) is 4.16. The van der Waals surface area contributed by atoms with Crippen molar-refractivity contribution in [3.63, 3.8) is 0 Å². The van der Waals surface area contributed by atoms with Gasteiger partial charge in [0.2, 0.25) is 0 Å². The number of hydrogen-bond donors (Lipinski definition) is 2. The number of nitrogens with one attached hydrogen (secondary N) is 1.